The predicted molar refractivity (Wildman–Crippen MR) is 57.2 cm³/mol. The molecule has 1 aromatic rings. The Hall–Kier alpha value is -0.540. The van der Waals surface area contributed by atoms with Crippen LogP contribution in [0.15, 0.2) is 28.6 Å². The molecule has 70 valence electrons. The van der Waals surface area contributed by atoms with Crippen molar-refractivity contribution in [2.45, 2.75) is 6.08 Å². The Balaban J connectivity index is 2.68. The molecule has 13 heavy (non-hydrogen) atoms. The van der Waals surface area contributed by atoms with Crippen LogP contribution in [-0.4, -0.2) is 26.1 Å². The minimum Gasteiger partial charge on any atom is -0.378 e. The molecule has 0 saturated carbocycles. The average Bonchev–Trinajstić information content (AvgIpc) is 2.44. The molecule has 0 aliphatic carbocycles. The molecule has 0 amide bonds. The van der Waals surface area contributed by atoms with Crippen LogP contribution in [-0.2, 0) is 4.74 Å². The van der Waals surface area contributed by atoms with Crippen LogP contribution < -0.4 is 4.90 Å². The lowest BCUT2D eigenvalue weighted by Gasteiger charge is -2.39. The number of nitrogens with zero attached hydrogens (tertiary/aromatic N) is 1. The highest BCUT2D eigenvalue weighted by Gasteiger charge is 2.26. The molecule has 1 heterocycles. The van der Waals surface area contributed by atoms with Gasteiger partial charge in [-0.1, -0.05) is 15.9 Å². The van der Waals surface area contributed by atoms with Gasteiger partial charge in [-0.25, -0.2) is 0 Å². The summed E-state index contributed by atoms with van der Waals surface area (Å²) in [6.07, 6.45) is -3.18. The van der Waals surface area contributed by atoms with Gasteiger partial charge in [-0.15, -0.1) is 0 Å². The highest BCUT2D eigenvalue weighted by atomic mass is 79.9. The van der Waals surface area contributed by atoms with Crippen molar-refractivity contribution in [3.05, 3.63) is 28.6 Å². The summed E-state index contributed by atoms with van der Waals surface area (Å²) < 4.78 is 96.1. The lowest BCUT2D eigenvalue weighted by atomic mass is 10.1. The van der Waals surface area contributed by atoms with Gasteiger partial charge in [0.05, 0.1) is 22.5 Å². The van der Waals surface area contributed by atoms with Crippen LogP contribution in [0.25, 0.3) is 0 Å². The molecule has 0 aromatic heterocycles. The number of ether oxygens (including phenoxy) is 1. The van der Waals surface area contributed by atoms with E-state index in [1.807, 2.05) is 0 Å². The average molecular weight is 254 g/mol. The third-order valence-corrected chi connectivity index (χ3v) is 1.73. The molecule has 0 radical (unpaired) electrons. The van der Waals surface area contributed by atoms with Crippen molar-refractivity contribution in [1.29, 1.82) is 0 Å². The first kappa shape index (κ1) is 2.52. The van der Waals surface area contributed by atoms with Gasteiger partial charge in [0, 0.05) is 30.2 Å². The maximum atomic E-state index is 7.93. The van der Waals surface area contributed by atoms with Crippen molar-refractivity contribution in [2.24, 2.45) is 0 Å². The molecule has 0 bridgehead atoms. The normalized spacial score (nSPS) is 41.8. The van der Waals surface area contributed by atoms with Crippen LogP contribution in [0.1, 0.15) is 16.4 Å². The molecule has 1 aliphatic rings. The number of benzene rings is 1. The SMILES string of the molecule is [2H]c1c([2H])c(N2C([2H])([2H])C([2H])(OC([2H])([2H])[2H])C2([2H])[2H])c([2H])c([2H])c1Br. The summed E-state index contributed by atoms with van der Waals surface area (Å²) in [4.78, 5) is 0.200. The molecule has 0 spiro atoms. The van der Waals surface area contributed by atoms with E-state index in [-0.39, 0.29) is 9.37 Å². The van der Waals surface area contributed by atoms with Crippen molar-refractivity contribution >= 4 is 21.6 Å². The Labute approximate surface area is 103 Å². The van der Waals surface area contributed by atoms with Gasteiger partial charge in [0.1, 0.15) is 0 Å². The van der Waals surface area contributed by atoms with E-state index in [4.69, 9.17) is 16.4 Å². The molecule has 3 heteroatoms. The van der Waals surface area contributed by atoms with Crippen LogP contribution in [0.3, 0.4) is 0 Å². The highest BCUT2D eigenvalue weighted by Crippen LogP contribution is 2.23. The fraction of sp³-hybridized carbons (Fsp3) is 0.400. The maximum Gasteiger partial charge on any atom is 0.0920 e. The molecular formula is C10H12BrNO. The Bertz CT molecular complexity index is 687. The van der Waals surface area contributed by atoms with Crippen molar-refractivity contribution in [1.82, 2.24) is 0 Å². The van der Waals surface area contributed by atoms with Crippen molar-refractivity contribution in [2.75, 3.05) is 24.9 Å². The van der Waals surface area contributed by atoms with E-state index < -0.39 is 56.0 Å². The highest BCUT2D eigenvalue weighted by molar-refractivity contribution is 9.10. The summed E-state index contributed by atoms with van der Waals surface area (Å²) in [6, 6.07) is -2.61. The lowest BCUT2D eigenvalue weighted by Crippen LogP contribution is -2.51. The molecule has 1 aromatic carbocycles. The number of hydrogen-bond acceptors (Lipinski definition) is 2. The second-order valence-corrected chi connectivity index (χ2v) is 2.95. The van der Waals surface area contributed by atoms with Gasteiger partial charge >= 0.3 is 0 Å². The van der Waals surface area contributed by atoms with Crippen LogP contribution in [0, 0.1) is 0 Å². The molecule has 0 unspecified atom stereocenters. The molecule has 2 nitrogen and oxygen atoms in total. The number of rotatable bonds is 2. The smallest absolute Gasteiger partial charge is 0.0920 e. The Morgan fingerprint density at radius 1 is 1.69 bits per heavy atom. The van der Waals surface area contributed by atoms with Crippen molar-refractivity contribution < 1.29 is 21.2 Å². The van der Waals surface area contributed by atoms with E-state index >= 15 is 0 Å². The topological polar surface area (TPSA) is 12.5 Å². The maximum absolute atomic E-state index is 7.93. The molecular weight excluding hydrogens is 230 g/mol. The first-order valence-electron chi connectivity index (χ1n) is 9.27. The first-order valence-corrected chi connectivity index (χ1v) is 4.06. The Morgan fingerprint density at radius 2 is 2.38 bits per heavy atom. The molecule has 1 fully saturated rings. The third-order valence-electron chi connectivity index (χ3n) is 1.33. The second-order valence-electron chi connectivity index (χ2n) is 2.15. The van der Waals surface area contributed by atoms with E-state index in [0.717, 1.165) is 0 Å². The van der Waals surface area contributed by atoms with Gasteiger partial charge in [0.15, 0.2) is 0 Å². The van der Waals surface area contributed by atoms with E-state index in [1.54, 1.807) is 0 Å². The summed E-state index contributed by atoms with van der Waals surface area (Å²) >= 11 is 2.87. The summed E-state index contributed by atoms with van der Waals surface area (Å²) in [5, 5.41) is 0. The summed E-state index contributed by atoms with van der Waals surface area (Å²) in [5.74, 6) is 0. The Morgan fingerprint density at radius 3 is 3.00 bits per heavy atom. The van der Waals surface area contributed by atoms with Gasteiger partial charge in [-0.2, -0.15) is 0 Å². The standard InChI is InChI=1S/C10H12BrNO/c1-13-10-6-12(7-10)9-4-2-8(11)3-5-9/h2-5,10H,6-7H2,1H3/i1D3,2D,3D,4D,5D,6D2,7D2,10D. The minimum atomic E-state index is -3.26. The van der Waals surface area contributed by atoms with Gasteiger partial charge < -0.3 is 9.64 Å². The lowest BCUT2D eigenvalue weighted by molar-refractivity contribution is 0.0788. The monoisotopic (exact) mass is 253 g/mol. The van der Waals surface area contributed by atoms with E-state index in [2.05, 4.69) is 20.7 Å². The van der Waals surface area contributed by atoms with E-state index in [9.17, 15) is 0 Å². The fourth-order valence-electron chi connectivity index (χ4n) is 0.763. The fourth-order valence-corrected chi connectivity index (χ4v) is 0.961. The van der Waals surface area contributed by atoms with Crippen molar-refractivity contribution in [3.8, 4) is 0 Å². The van der Waals surface area contributed by atoms with Gasteiger partial charge in [0.2, 0.25) is 0 Å². The van der Waals surface area contributed by atoms with Crippen LogP contribution in [0.5, 0.6) is 0 Å². The molecule has 1 aliphatic heterocycles. The first-order chi connectivity index (χ1) is 11.0. The number of hydrogen-bond donors (Lipinski definition) is 0. The summed E-state index contributed by atoms with van der Waals surface area (Å²) in [6.45, 7) is -6.16. The number of methoxy groups -OCH3 is 1. The van der Waals surface area contributed by atoms with Crippen LogP contribution in [0.2, 0.25) is 0 Å². The molecule has 2 rings (SSSR count). The summed E-state index contributed by atoms with van der Waals surface area (Å²) in [5.41, 5.74) is -0.731. The van der Waals surface area contributed by atoms with Crippen LogP contribution >= 0.6 is 15.9 Å². The zero-order valence-electron chi connectivity index (χ0n) is 18.2. The van der Waals surface area contributed by atoms with Crippen LogP contribution in [0.4, 0.5) is 5.69 Å². The van der Waals surface area contributed by atoms with E-state index in [0.29, 0.717) is 0 Å². The second kappa shape index (κ2) is 3.68. The third kappa shape index (κ3) is 1.86. The number of anilines is 1. The van der Waals surface area contributed by atoms with Gasteiger partial charge in [-0.3, -0.25) is 0 Å². The van der Waals surface area contributed by atoms with E-state index in [1.165, 1.54) is 0 Å². The Kier molecular flexibility index (Phi) is 0.715. The molecule has 0 N–H and O–H groups in total. The van der Waals surface area contributed by atoms with Crippen molar-refractivity contribution in [3.63, 3.8) is 0 Å². The minimum absolute atomic E-state index is 0.191. The predicted octanol–water partition coefficient (Wildman–Crippen LogP) is 2.28. The zero-order valence-corrected chi connectivity index (χ0v) is 7.82. The quantitative estimate of drug-likeness (QED) is 0.802. The van der Waals surface area contributed by atoms with Gasteiger partial charge in [0.25, 0.3) is 0 Å². The number of halogens is 1. The molecule has 0 atom stereocenters. The zero-order chi connectivity index (χ0) is 19.7. The largest absolute Gasteiger partial charge is 0.378 e. The molecule has 1 saturated heterocycles. The van der Waals surface area contributed by atoms with Gasteiger partial charge in [-0.05, 0) is 24.2 Å². The summed E-state index contributed by atoms with van der Waals surface area (Å²) in [7, 11) is -3.26.